The van der Waals surface area contributed by atoms with Crippen LogP contribution in [0.4, 0.5) is 0 Å². The Morgan fingerprint density at radius 3 is 2.18 bits per heavy atom. The molecular formula is C10H5Cl3O4. The van der Waals surface area contributed by atoms with E-state index in [1.807, 2.05) is 0 Å². The van der Waals surface area contributed by atoms with Crippen molar-refractivity contribution in [3.63, 3.8) is 0 Å². The van der Waals surface area contributed by atoms with Crippen molar-refractivity contribution in [1.29, 1.82) is 0 Å². The summed E-state index contributed by atoms with van der Waals surface area (Å²) in [5.41, 5.74) is 0.136. The Hall–Kier alpha value is -1.10. The minimum Gasteiger partial charge on any atom is -0.484 e. The lowest BCUT2D eigenvalue weighted by Gasteiger charge is -2.08. The average molecular weight is 296 g/mol. The van der Waals surface area contributed by atoms with Gasteiger partial charge in [-0.1, -0.05) is 0 Å². The maximum absolute atomic E-state index is 11.0. The van der Waals surface area contributed by atoms with Crippen molar-refractivity contribution in [3.05, 3.63) is 29.3 Å². The molecule has 0 atom stereocenters. The van der Waals surface area contributed by atoms with E-state index in [1.54, 1.807) is 0 Å². The van der Waals surface area contributed by atoms with Gasteiger partial charge in [0.05, 0.1) is 5.56 Å². The molecule has 0 N–H and O–H groups in total. The molecule has 0 aliphatic heterocycles. The van der Waals surface area contributed by atoms with E-state index in [-0.39, 0.29) is 16.9 Å². The summed E-state index contributed by atoms with van der Waals surface area (Å²) in [5, 5.41) is -2.25. The number of hydrogen-bond donors (Lipinski definition) is 0. The molecule has 0 aliphatic carbocycles. The average Bonchev–Trinajstić information content (AvgIpc) is 2.25. The third-order valence-electron chi connectivity index (χ3n) is 1.76. The smallest absolute Gasteiger partial charge is 0.259 e. The van der Waals surface area contributed by atoms with Crippen LogP contribution in [0.3, 0.4) is 0 Å². The molecule has 0 aliphatic rings. The zero-order valence-electron chi connectivity index (χ0n) is 8.21. The number of carbonyl (C=O) groups is 3. The SMILES string of the molecule is O=C(Cl)COc1cc(C(=O)Cl)ccc1C(=O)Cl. The van der Waals surface area contributed by atoms with Crippen molar-refractivity contribution in [3.8, 4) is 5.75 Å². The summed E-state index contributed by atoms with van der Waals surface area (Å²) in [7, 11) is 0. The van der Waals surface area contributed by atoms with Crippen molar-refractivity contribution < 1.29 is 19.1 Å². The number of benzene rings is 1. The van der Waals surface area contributed by atoms with Gasteiger partial charge in [-0.25, -0.2) is 0 Å². The van der Waals surface area contributed by atoms with Crippen LogP contribution in [0.1, 0.15) is 20.7 Å². The standard InChI is InChI=1S/C10H5Cl3O4/c11-8(14)4-17-7-3-5(9(12)15)1-2-6(7)10(13)16/h1-3H,4H2. The normalized spacial score (nSPS) is 9.82. The minimum atomic E-state index is -0.782. The first kappa shape index (κ1) is 14.0. The van der Waals surface area contributed by atoms with Gasteiger partial charge in [0.2, 0.25) is 0 Å². The summed E-state index contributed by atoms with van der Waals surface area (Å²) in [6.07, 6.45) is 0. The zero-order valence-corrected chi connectivity index (χ0v) is 10.5. The van der Waals surface area contributed by atoms with Gasteiger partial charge < -0.3 is 4.74 Å². The molecular weight excluding hydrogens is 290 g/mol. The lowest BCUT2D eigenvalue weighted by atomic mass is 10.1. The predicted octanol–water partition coefficient (Wildman–Crippen LogP) is 2.59. The molecule has 0 radical (unpaired) electrons. The van der Waals surface area contributed by atoms with Gasteiger partial charge in [0.15, 0.2) is 6.61 Å². The zero-order chi connectivity index (χ0) is 13.0. The van der Waals surface area contributed by atoms with Gasteiger partial charge in [0, 0.05) is 5.56 Å². The van der Waals surface area contributed by atoms with E-state index in [2.05, 4.69) is 0 Å². The van der Waals surface area contributed by atoms with Crippen LogP contribution in [0.2, 0.25) is 0 Å². The van der Waals surface area contributed by atoms with Gasteiger partial charge >= 0.3 is 0 Å². The summed E-state index contributed by atoms with van der Waals surface area (Å²) < 4.78 is 4.95. The van der Waals surface area contributed by atoms with Crippen molar-refractivity contribution >= 4 is 50.5 Å². The molecule has 90 valence electrons. The quantitative estimate of drug-likeness (QED) is 0.783. The van der Waals surface area contributed by atoms with Crippen LogP contribution >= 0.6 is 34.8 Å². The summed E-state index contributed by atoms with van der Waals surface area (Å²) >= 11 is 15.7. The van der Waals surface area contributed by atoms with E-state index in [1.165, 1.54) is 18.2 Å². The largest absolute Gasteiger partial charge is 0.484 e. The third kappa shape index (κ3) is 4.00. The van der Waals surface area contributed by atoms with Crippen molar-refractivity contribution in [1.82, 2.24) is 0 Å². The molecule has 1 aromatic carbocycles. The van der Waals surface area contributed by atoms with Crippen LogP contribution in [0.25, 0.3) is 0 Å². The minimum absolute atomic E-state index is 0.0197. The van der Waals surface area contributed by atoms with Gasteiger partial charge in [-0.3, -0.25) is 14.4 Å². The van der Waals surface area contributed by atoms with E-state index in [9.17, 15) is 14.4 Å². The fourth-order valence-electron chi connectivity index (χ4n) is 1.06. The lowest BCUT2D eigenvalue weighted by molar-refractivity contribution is -0.113. The number of halogens is 3. The molecule has 1 aromatic rings. The Morgan fingerprint density at radius 2 is 1.71 bits per heavy atom. The van der Waals surface area contributed by atoms with Gasteiger partial charge in [0.25, 0.3) is 15.7 Å². The van der Waals surface area contributed by atoms with E-state index in [4.69, 9.17) is 39.5 Å². The van der Waals surface area contributed by atoms with E-state index in [0.29, 0.717) is 0 Å². The summed E-state index contributed by atoms with van der Waals surface area (Å²) in [5.74, 6) is -0.0227. The second kappa shape index (κ2) is 6.00. The Morgan fingerprint density at radius 1 is 1.06 bits per heavy atom. The van der Waals surface area contributed by atoms with E-state index in [0.717, 1.165) is 0 Å². The molecule has 1 rings (SSSR count). The second-order valence-electron chi connectivity index (χ2n) is 2.90. The van der Waals surface area contributed by atoms with Gasteiger partial charge in [0.1, 0.15) is 5.75 Å². The molecule has 0 saturated heterocycles. The van der Waals surface area contributed by atoms with Crippen LogP contribution in [0, 0.1) is 0 Å². The molecule has 0 fully saturated rings. The van der Waals surface area contributed by atoms with Crippen molar-refractivity contribution in [2.45, 2.75) is 0 Å². The highest BCUT2D eigenvalue weighted by Crippen LogP contribution is 2.23. The van der Waals surface area contributed by atoms with Crippen LogP contribution in [0.5, 0.6) is 5.75 Å². The molecule has 4 nitrogen and oxygen atoms in total. The predicted molar refractivity (Wildman–Crippen MR) is 63.2 cm³/mol. The number of rotatable bonds is 5. The number of ether oxygens (including phenoxy) is 1. The van der Waals surface area contributed by atoms with E-state index >= 15 is 0 Å². The molecule has 0 unspecified atom stereocenters. The van der Waals surface area contributed by atoms with E-state index < -0.39 is 22.3 Å². The topological polar surface area (TPSA) is 60.4 Å². The van der Waals surface area contributed by atoms with Gasteiger partial charge in [-0.15, -0.1) is 0 Å². The maximum Gasteiger partial charge on any atom is 0.259 e. The molecule has 7 heteroatoms. The Bertz CT molecular complexity index is 484. The molecule has 0 saturated carbocycles. The summed E-state index contributed by atoms with van der Waals surface area (Å²) in [4.78, 5) is 32.5. The van der Waals surface area contributed by atoms with Crippen LogP contribution in [-0.4, -0.2) is 22.3 Å². The molecule has 0 amide bonds. The Balaban J connectivity index is 3.11. The molecule has 17 heavy (non-hydrogen) atoms. The monoisotopic (exact) mass is 294 g/mol. The molecule has 0 spiro atoms. The highest BCUT2D eigenvalue weighted by Gasteiger charge is 2.14. The fourth-order valence-corrected chi connectivity index (χ4v) is 1.39. The van der Waals surface area contributed by atoms with Crippen LogP contribution in [-0.2, 0) is 4.79 Å². The second-order valence-corrected chi connectivity index (χ2v) is 4.01. The summed E-state index contributed by atoms with van der Waals surface area (Å²) in [6, 6.07) is 3.81. The first-order valence-electron chi connectivity index (χ1n) is 4.26. The summed E-state index contributed by atoms with van der Waals surface area (Å²) in [6.45, 7) is -0.446. The molecule has 0 aromatic heterocycles. The fraction of sp³-hybridized carbons (Fsp3) is 0.100. The van der Waals surface area contributed by atoms with Gasteiger partial charge in [-0.2, -0.15) is 0 Å². The highest BCUT2D eigenvalue weighted by molar-refractivity contribution is 6.69. The Labute approximate surface area is 111 Å². The first-order chi connectivity index (χ1) is 7.91. The maximum atomic E-state index is 11.0. The van der Waals surface area contributed by atoms with Crippen LogP contribution < -0.4 is 4.74 Å². The molecule has 0 bridgehead atoms. The van der Waals surface area contributed by atoms with Gasteiger partial charge in [-0.05, 0) is 53.0 Å². The Kier molecular flexibility index (Phi) is 4.93. The lowest BCUT2D eigenvalue weighted by Crippen LogP contribution is -2.08. The third-order valence-corrected chi connectivity index (χ3v) is 2.29. The first-order valence-corrected chi connectivity index (χ1v) is 5.40. The highest BCUT2D eigenvalue weighted by atomic mass is 35.5. The number of hydrogen-bond acceptors (Lipinski definition) is 4. The molecule has 0 heterocycles. The van der Waals surface area contributed by atoms with Crippen LogP contribution in [0.15, 0.2) is 18.2 Å². The van der Waals surface area contributed by atoms with Crippen molar-refractivity contribution in [2.24, 2.45) is 0 Å². The number of carbonyl (C=O) groups excluding carboxylic acids is 3. The van der Waals surface area contributed by atoms with Crippen molar-refractivity contribution in [2.75, 3.05) is 6.61 Å².